The van der Waals surface area contributed by atoms with E-state index in [-0.39, 0.29) is 30.9 Å². The molecule has 1 aliphatic rings. The highest BCUT2D eigenvalue weighted by atomic mass is 16.5. The molecule has 1 atom stereocenters. The van der Waals surface area contributed by atoms with E-state index in [0.717, 1.165) is 11.3 Å². The summed E-state index contributed by atoms with van der Waals surface area (Å²) < 4.78 is 5.40. The highest BCUT2D eigenvalue weighted by Crippen LogP contribution is 2.31. The van der Waals surface area contributed by atoms with Crippen molar-refractivity contribution in [1.82, 2.24) is 5.32 Å². The summed E-state index contributed by atoms with van der Waals surface area (Å²) in [6.07, 6.45) is 0.247. The number of hydrogen-bond donors (Lipinski definition) is 1. The first kappa shape index (κ1) is 16.1. The van der Waals surface area contributed by atoms with E-state index in [9.17, 15) is 9.59 Å². The molecule has 0 radical (unpaired) electrons. The van der Waals surface area contributed by atoms with Gasteiger partial charge in [0.2, 0.25) is 5.91 Å². The van der Waals surface area contributed by atoms with Crippen LogP contribution in [0.5, 0.6) is 5.75 Å². The Hall–Kier alpha value is -2.82. The topological polar surface area (TPSA) is 58.6 Å². The van der Waals surface area contributed by atoms with E-state index in [0.29, 0.717) is 12.3 Å². The van der Waals surface area contributed by atoms with Crippen molar-refractivity contribution in [2.75, 3.05) is 18.1 Å². The number of rotatable bonds is 5. The van der Waals surface area contributed by atoms with Crippen LogP contribution in [0.2, 0.25) is 0 Å². The first-order chi connectivity index (χ1) is 11.6. The summed E-state index contributed by atoms with van der Waals surface area (Å²) in [6.45, 7) is 2.30. The molecule has 2 aromatic carbocycles. The Kier molecular flexibility index (Phi) is 4.79. The van der Waals surface area contributed by atoms with Crippen LogP contribution < -0.4 is 15.0 Å². The summed E-state index contributed by atoms with van der Waals surface area (Å²) in [5.74, 6) is 0.468. The first-order valence-corrected chi connectivity index (χ1v) is 8.01. The summed E-state index contributed by atoms with van der Waals surface area (Å²) in [7, 11) is 0. The fourth-order valence-corrected chi connectivity index (χ4v) is 2.75. The third kappa shape index (κ3) is 3.56. The molecule has 24 heavy (non-hydrogen) atoms. The molecule has 0 fully saturated rings. The van der Waals surface area contributed by atoms with Crippen LogP contribution in [0.4, 0.5) is 5.69 Å². The van der Waals surface area contributed by atoms with Crippen molar-refractivity contribution in [3.05, 3.63) is 60.2 Å². The molecule has 5 nitrogen and oxygen atoms in total. The molecule has 1 N–H and O–H groups in total. The van der Waals surface area contributed by atoms with Crippen LogP contribution in [0.15, 0.2) is 54.6 Å². The molecule has 0 saturated heterocycles. The average Bonchev–Trinajstić information content (AvgIpc) is 2.61. The maximum atomic E-state index is 12.2. The third-order valence-electron chi connectivity index (χ3n) is 4.05. The number of benzene rings is 2. The summed E-state index contributed by atoms with van der Waals surface area (Å²) >= 11 is 0. The molecule has 2 aromatic rings. The Bertz CT molecular complexity index is 730. The minimum atomic E-state index is -0.127. The minimum Gasteiger partial charge on any atom is -0.482 e. The van der Waals surface area contributed by atoms with Gasteiger partial charge in [-0.3, -0.25) is 9.59 Å². The number of nitrogens with one attached hydrogen (secondary N) is 1. The highest BCUT2D eigenvalue weighted by Gasteiger charge is 2.25. The standard InChI is InChI=1S/C19H20N2O3/c1-14(15-7-3-2-4-8-15)20-18(22)11-12-21-16-9-5-6-10-17(16)24-13-19(21)23/h2-10,14H,11-13H2,1H3,(H,20,22)/t14-/m1/s1. The van der Waals surface area contributed by atoms with E-state index in [2.05, 4.69) is 5.32 Å². The number of anilines is 1. The monoisotopic (exact) mass is 324 g/mol. The van der Waals surface area contributed by atoms with Crippen molar-refractivity contribution in [2.24, 2.45) is 0 Å². The van der Waals surface area contributed by atoms with Crippen molar-refractivity contribution in [3.8, 4) is 5.75 Å². The van der Waals surface area contributed by atoms with E-state index in [4.69, 9.17) is 4.74 Å². The van der Waals surface area contributed by atoms with E-state index in [1.807, 2.05) is 61.5 Å². The fraction of sp³-hybridized carbons (Fsp3) is 0.263. The Morgan fingerprint density at radius 1 is 1.17 bits per heavy atom. The SMILES string of the molecule is C[C@@H](NC(=O)CCN1C(=O)COc2ccccc21)c1ccccc1. The molecule has 1 heterocycles. The molecule has 0 aliphatic carbocycles. The molecule has 0 unspecified atom stereocenters. The molecule has 0 spiro atoms. The van der Waals surface area contributed by atoms with Gasteiger partial charge in [-0.1, -0.05) is 42.5 Å². The lowest BCUT2D eigenvalue weighted by molar-refractivity contribution is -0.122. The lowest BCUT2D eigenvalue weighted by Crippen LogP contribution is -2.41. The fourth-order valence-electron chi connectivity index (χ4n) is 2.75. The Morgan fingerprint density at radius 2 is 1.88 bits per heavy atom. The van der Waals surface area contributed by atoms with Gasteiger partial charge in [-0.2, -0.15) is 0 Å². The lowest BCUT2D eigenvalue weighted by Gasteiger charge is -2.29. The molecule has 3 rings (SSSR count). The molecule has 124 valence electrons. The molecular weight excluding hydrogens is 304 g/mol. The van der Waals surface area contributed by atoms with Crippen molar-refractivity contribution in [3.63, 3.8) is 0 Å². The Balaban J connectivity index is 1.59. The number of nitrogens with zero attached hydrogens (tertiary/aromatic N) is 1. The largest absolute Gasteiger partial charge is 0.482 e. The molecule has 0 bridgehead atoms. The summed E-state index contributed by atoms with van der Waals surface area (Å²) in [5, 5.41) is 2.97. The number of para-hydroxylation sites is 2. The van der Waals surface area contributed by atoms with Gasteiger partial charge in [0.05, 0.1) is 11.7 Å². The van der Waals surface area contributed by atoms with Crippen LogP contribution >= 0.6 is 0 Å². The third-order valence-corrected chi connectivity index (χ3v) is 4.05. The first-order valence-electron chi connectivity index (χ1n) is 8.01. The molecule has 0 aromatic heterocycles. The summed E-state index contributed by atoms with van der Waals surface area (Å²) in [5.41, 5.74) is 1.77. The number of hydrogen-bond acceptors (Lipinski definition) is 3. The predicted molar refractivity (Wildman–Crippen MR) is 91.9 cm³/mol. The van der Waals surface area contributed by atoms with Crippen molar-refractivity contribution >= 4 is 17.5 Å². The second kappa shape index (κ2) is 7.17. The number of amides is 2. The normalized spacial score (nSPS) is 14.5. The van der Waals surface area contributed by atoms with Crippen LogP contribution in [-0.2, 0) is 9.59 Å². The number of fused-ring (bicyclic) bond motifs is 1. The summed E-state index contributed by atoms with van der Waals surface area (Å²) in [4.78, 5) is 25.9. The molecule has 1 aliphatic heterocycles. The van der Waals surface area contributed by atoms with Gasteiger partial charge in [-0.25, -0.2) is 0 Å². The van der Waals surface area contributed by atoms with Crippen LogP contribution in [0, 0.1) is 0 Å². The lowest BCUT2D eigenvalue weighted by atomic mass is 10.1. The van der Waals surface area contributed by atoms with Crippen molar-refractivity contribution in [1.29, 1.82) is 0 Å². The highest BCUT2D eigenvalue weighted by molar-refractivity contribution is 5.98. The van der Waals surface area contributed by atoms with Gasteiger partial charge in [-0.05, 0) is 24.6 Å². The smallest absolute Gasteiger partial charge is 0.265 e. The zero-order valence-corrected chi connectivity index (χ0v) is 13.6. The second-order valence-corrected chi connectivity index (χ2v) is 5.75. The zero-order chi connectivity index (χ0) is 16.9. The van der Waals surface area contributed by atoms with Crippen LogP contribution in [0.1, 0.15) is 24.9 Å². The average molecular weight is 324 g/mol. The van der Waals surface area contributed by atoms with Crippen LogP contribution in [0.3, 0.4) is 0 Å². The van der Waals surface area contributed by atoms with Crippen molar-refractivity contribution in [2.45, 2.75) is 19.4 Å². The number of carbonyl (C=O) groups is 2. The minimum absolute atomic E-state index is 0.0129. The quantitative estimate of drug-likeness (QED) is 0.920. The van der Waals surface area contributed by atoms with E-state index in [1.165, 1.54) is 0 Å². The van der Waals surface area contributed by atoms with Gasteiger partial charge >= 0.3 is 0 Å². The van der Waals surface area contributed by atoms with Gasteiger partial charge in [0.25, 0.3) is 5.91 Å². The maximum Gasteiger partial charge on any atom is 0.265 e. The van der Waals surface area contributed by atoms with Gasteiger partial charge in [-0.15, -0.1) is 0 Å². The maximum absolute atomic E-state index is 12.2. The molecule has 0 saturated carbocycles. The number of ether oxygens (including phenoxy) is 1. The predicted octanol–water partition coefficient (Wildman–Crippen LogP) is 2.68. The van der Waals surface area contributed by atoms with Gasteiger partial charge in [0.1, 0.15) is 5.75 Å². The van der Waals surface area contributed by atoms with Crippen LogP contribution in [0.25, 0.3) is 0 Å². The number of carbonyl (C=O) groups excluding carboxylic acids is 2. The van der Waals surface area contributed by atoms with E-state index >= 15 is 0 Å². The van der Waals surface area contributed by atoms with Crippen molar-refractivity contribution < 1.29 is 14.3 Å². The molecular formula is C19H20N2O3. The zero-order valence-electron chi connectivity index (χ0n) is 13.6. The summed E-state index contributed by atoms with van der Waals surface area (Å²) in [6, 6.07) is 17.1. The Morgan fingerprint density at radius 3 is 2.67 bits per heavy atom. The van der Waals surface area contributed by atoms with Crippen LogP contribution in [-0.4, -0.2) is 25.0 Å². The van der Waals surface area contributed by atoms with E-state index in [1.54, 1.807) is 4.90 Å². The second-order valence-electron chi connectivity index (χ2n) is 5.75. The molecule has 5 heteroatoms. The van der Waals surface area contributed by atoms with Gasteiger partial charge in [0.15, 0.2) is 6.61 Å². The van der Waals surface area contributed by atoms with Gasteiger partial charge in [0, 0.05) is 13.0 Å². The van der Waals surface area contributed by atoms with Gasteiger partial charge < -0.3 is 15.0 Å². The molecule has 2 amide bonds. The Labute approximate surface area is 141 Å². The van der Waals surface area contributed by atoms with E-state index < -0.39 is 0 Å².